The van der Waals surface area contributed by atoms with Crippen LogP contribution in [0.1, 0.15) is 5.69 Å². The van der Waals surface area contributed by atoms with E-state index in [0.717, 1.165) is 0 Å². The van der Waals surface area contributed by atoms with Crippen molar-refractivity contribution in [2.75, 3.05) is 6.61 Å². The molecule has 0 saturated carbocycles. The van der Waals surface area contributed by atoms with E-state index in [9.17, 15) is 0 Å². The highest BCUT2D eigenvalue weighted by molar-refractivity contribution is 5.18. The Morgan fingerprint density at radius 1 is 1.50 bits per heavy atom. The molecule has 0 atom stereocenters. The molecule has 4 heteroatoms. The summed E-state index contributed by atoms with van der Waals surface area (Å²) < 4.78 is 4.94. The number of terminal acetylenes is 1. The Labute approximate surface area is 69.8 Å². The standard InChI is InChI=1S/C8H5N3O/c1-2-3-12-8-6-10-7(4-9)5-11-8/h1,5-6H,3H2. The highest BCUT2D eigenvalue weighted by Crippen LogP contribution is 2.02. The molecule has 12 heavy (non-hydrogen) atoms. The fourth-order valence-corrected chi connectivity index (χ4v) is 0.564. The molecule has 0 unspecified atom stereocenters. The van der Waals surface area contributed by atoms with Crippen LogP contribution in [0.4, 0.5) is 0 Å². The summed E-state index contributed by atoms with van der Waals surface area (Å²) >= 11 is 0. The Bertz CT molecular complexity index is 331. The molecule has 4 nitrogen and oxygen atoms in total. The van der Waals surface area contributed by atoms with Crippen LogP contribution >= 0.6 is 0 Å². The van der Waals surface area contributed by atoms with Crippen molar-refractivity contribution in [1.29, 1.82) is 5.26 Å². The molecule has 58 valence electrons. The minimum absolute atomic E-state index is 0.153. The van der Waals surface area contributed by atoms with Gasteiger partial charge in [-0.2, -0.15) is 5.26 Å². The van der Waals surface area contributed by atoms with E-state index in [2.05, 4.69) is 15.9 Å². The van der Waals surface area contributed by atoms with Crippen molar-refractivity contribution in [3.63, 3.8) is 0 Å². The van der Waals surface area contributed by atoms with E-state index in [1.165, 1.54) is 12.4 Å². The molecular formula is C8H5N3O. The molecule has 0 saturated heterocycles. The minimum atomic E-state index is 0.153. The van der Waals surface area contributed by atoms with Crippen molar-refractivity contribution in [2.24, 2.45) is 0 Å². The highest BCUT2D eigenvalue weighted by Gasteiger charge is 1.94. The van der Waals surface area contributed by atoms with Crippen molar-refractivity contribution >= 4 is 0 Å². The average Bonchev–Trinajstić information content (AvgIpc) is 2.15. The van der Waals surface area contributed by atoms with Crippen LogP contribution in [-0.4, -0.2) is 16.6 Å². The summed E-state index contributed by atoms with van der Waals surface area (Å²) in [5, 5.41) is 8.38. The van der Waals surface area contributed by atoms with Crippen LogP contribution in [-0.2, 0) is 0 Å². The van der Waals surface area contributed by atoms with Crippen LogP contribution in [0.2, 0.25) is 0 Å². The molecule has 0 aliphatic carbocycles. The van der Waals surface area contributed by atoms with E-state index in [1.54, 1.807) is 0 Å². The van der Waals surface area contributed by atoms with Gasteiger partial charge in [-0.1, -0.05) is 5.92 Å². The maximum Gasteiger partial charge on any atom is 0.233 e. The number of nitrogens with zero attached hydrogens (tertiary/aromatic N) is 3. The Morgan fingerprint density at radius 3 is 2.83 bits per heavy atom. The molecule has 0 amide bonds. The fourth-order valence-electron chi connectivity index (χ4n) is 0.564. The second-order valence-electron chi connectivity index (χ2n) is 1.84. The van der Waals surface area contributed by atoms with Gasteiger partial charge in [-0.25, -0.2) is 9.97 Å². The molecule has 0 aliphatic heterocycles. The molecule has 0 spiro atoms. The summed E-state index contributed by atoms with van der Waals surface area (Å²) in [7, 11) is 0. The highest BCUT2D eigenvalue weighted by atomic mass is 16.5. The van der Waals surface area contributed by atoms with E-state index >= 15 is 0 Å². The van der Waals surface area contributed by atoms with Gasteiger partial charge >= 0.3 is 0 Å². The third kappa shape index (κ3) is 1.96. The predicted octanol–water partition coefficient (Wildman–Crippen LogP) is 0.360. The number of nitriles is 1. The first-order valence-corrected chi connectivity index (χ1v) is 3.15. The van der Waals surface area contributed by atoms with Crippen LogP contribution in [0.25, 0.3) is 0 Å². The molecule has 0 N–H and O–H groups in total. The van der Waals surface area contributed by atoms with Gasteiger partial charge in [0.2, 0.25) is 5.88 Å². The molecule has 0 bridgehead atoms. The van der Waals surface area contributed by atoms with Gasteiger partial charge in [-0.05, 0) is 0 Å². The van der Waals surface area contributed by atoms with Crippen molar-refractivity contribution in [1.82, 2.24) is 9.97 Å². The smallest absolute Gasteiger partial charge is 0.233 e. The zero-order chi connectivity index (χ0) is 8.81. The topological polar surface area (TPSA) is 58.8 Å². The number of hydrogen-bond donors (Lipinski definition) is 0. The Hall–Kier alpha value is -2.07. The number of ether oxygens (including phenoxy) is 1. The molecular weight excluding hydrogens is 154 g/mol. The van der Waals surface area contributed by atoms with Crippen molar-refractivity contribution in [3.05, 3.63) is 18.1 Å². The second-order valence-corrected chi connectivity index (χ2v) is 1.84. The Morgan fingerprint density at radius 2 is 2.33 bits per heavy atom. The van der Waals surface area contributed by atoms with Crippen LogP contribution in [0.15, 0.2) is 12.4 Å². The summed E-state index contributed by atoms with van der Waals surface area (Å²) in [6.45, 7) is 0.153. The Kier molecular flexibility index (Phi) is 2.64. The second kappa shape index (κ2) is 3.95. The van der Waals surface area contributed by atoms with Gasteiger partial charge in [0.1, 0.15) is 6.07 Å². The van der Waals surface area contributed by atoms with Gasteiger partial charge in [-0.3, -0.25) is 0 Å². The molecule has 1 aromatic heterocycles. The lowest BCUT2D eigenvalue weighted by atomic mass is 10.5. The summed E-state index contributed by atoms with van der Waals surface area (Å²) in [5.41, 5.74) is 0.253. The quantitative estimate of drug-likeness (QED) is 0.584. The zero-order valence-electron chi connectivity index (χ0n) is 6.19. The molecule has 0 aliphatic rings. The van der Waals surface area contributed by atoms with Crippen LogP contribution in [0.3, 0.4) is 0 Å². The largest absolute Gasteiger partial charge is 0.463 e. The van der Waals surface area contributed by atoms with Gasteiger partial charge in [0.15, 0.2) is 12.3 Å². The van der Waals surface area contributed by atoms with E-state index in [-0.39, 0.29) is 12.3 Å². The van der Waals surface area contributed by atoms with Gasteiger partial charge in [-0.15, -0.1) is 6.42 Å². The van der Waals surface area contributed by atoms with E-state index in [0.29, 0.717) is 5.88 Å². The number of hydrogen-bond acceptors (Lipinski definition) is 4. The summed E-state index contributed by atoms with van der Waals surface area (Å²) in [4.78, 5) is 7.52. The fraction of sp³-hybridized carbons (Fsp3) is 0.125. The van der Waals surface area contributed by atoms with Crippen LogP contribution in [0.5, 0.6) is 5.88 Å². The van der Waals surface area contributed by atoms with Gasteiger partial charge < -0.3 is 4.74 Å². The number of aromatic nitrogens is 2. The lowest BCUT2D eigenvalue weighted by Crippen LogP contribution is -1.97. The summed E-state index contributed by atoms with van der Waals surface area (Å²) in [6, 6.07) is 1.84. The molecule has 1 rings (SSSR count). The summed E-state index contributed by atoms with van der Waals surface area (Å²) in [5.74, 6) is 2.62. The van der Waals surface area contributed by atoms with Crippen LogP contribution in [0, 0.1) is 23.7 Å². The van der Waals surface area contributed by atoms with Crippen molar-refractivity contribution < 1.29 is 4.74 Å². The van der Waals surface area contributed by atoms with E-state index in [1.807, 2.05) is 6.07 Å². The van der Waals surface area contributed by atoms with Gasteiger partial charge in [0, 0.05) is 0 Å². The van der Waals surface area contributed by atoms with Crippen molar-refractivity contribution in [3.8, 4) is 24.3 Å². The first kappa shape index (κ1) is 8.03. The normalized spacial score (nSPS) is 8.17. The molecule has 0 radical (unpaired) electrons. The monoisotopic (exact) mass is 159 g/mol. The predicted molar refractivity (Wildman–Crippen MR) is 41.1 cm³/mol. The number of rotatable bonds is 2. The van der Waals surface area contributed by atoms with E-state index < -0.39 is 0 Å². The summed E-state index contributed by atoms with van der Waals surface area (Å²) in [6.07, 6.45) is 7.64. The van der Waals surface area contributed by atoms with Gasteiger partial charge in [0.25, 0.3) is 0 Å². The molecule has 1 aromatic rings. The third-order valence-electron chi connectivity index (χ3n) is 1.05. The van der Waals surface area contributed by atoms with E-state index in [4.69, 9.17) is 16.4 Å². The maximum atomic E-state index is 8.38. The zero-order valence-corrected chi connectivity index (χ0v) is 6.19. The lowest BCUT2D eigenvalue weighted by Gasteiger charge is -1.97. The lowest BCUT2D eigenvalue weighted by molar-refractivity contribution is 0.353. The molecule has 0 fully saturated rings. The maximum absolute atomic E-state index is 8.38. The minimum Gasteiger partial charge on any atom is -0.463 e. The van der Waals surface area contributed by atoms with Crippen molar-refractivity contribution in [2.45, 2.75) is 0 Å². The molecule has 0 aromatic carbocycles. The third-order valence-corrected chi connectivity index (χ3v) is 1.05. The first-order valence-electron chi connectivity index (χ1n) is 3.15. The average molecular weight is 159 g/mol. The van der Waals surface area contributed by atoms with Crippen LogP contribution < -0.4 is 4.74 Å². The van der Waals surface area contributed by atoms with Gasteiger partial charge in [0.05, 0.1) is 12.4 Å². The SMILES string of the molecule is C#CCOc1cnc(C#N)cn1. The molecule has 1 heterocycles. The Balaban J connectivity index is 2.68. The first-order chi connectivity index (χ1) is 5.86.